The lowest BCUT2D eigenvalue weighted by atomic mass is 10.2. The molecule has 0 unspecified atom stereocenters. The largest absolute Gasteiger partial charge is 0.397 e. The van der Waals surface area contributed by atoms with Crippen LogP contribution < -0.4 is 5.73 Å². The van der Waals surface area contributed by atoms with Gasteiger partial charge < -0.3 is 5.73 Å². The van der Waals surface area contributed by atoms with Crippen molar-refractivity contribution in [3.05, 3.63) is 54.6 Å². The van der Waals surface area contributed by atoms with Crippen LogP contribution in [0, 0.1) is 5.82 Å². The summed E-state index contributed by atoms with van der Waals surface area (Å²) in [4.78, 5) is 4.28. The van der Waals surface area contributed by atoms with E-state index in [2.05, 4.69) is 4.98 Å². The molecule has 3 rings (SSSR count). The lowest BCUT2D eigenvalue weighted by Gasteiger charge is -2.02. The van der Waals surface area contributed by atoms with E-state index in [1.807, 2.05) is 28.8 Å². The smallest absolute Gasteiger partial charge is 0.144 e. The maximum absolute atomic E-state index is 13.2. The average molecular weight is 227 g/mol. The second kappa shape index (κ2) is 3.59. The molecule has 0 aliphatic heterocycles. The molecular weight excluding hydrogens is 217 g/mol. The first kappa shape index (κ1) is 9.84. The number of hydrogen-bond donors (Lipinski definition) is 1. The Kier molecular flexibility index (Phi) is 2.08. The second-order valence-electron chi connectivity index (χ2n) is 3.81. The number of benzene rings is 1. The van der Waals surface area contributed by atoms with E-state index < -0.39 is 0 Å². The van der Waals surface area contributed by atoms with Crippen LogP contribution in [0.15, 0.2) is 48.8 Å². The standard InChI is InChI=1S/C13H10FN3/c14-10-4-1-3-9(7-10)13-16-8-12-11(15)5-2-6-17(12)13/h1-8H,15H2. The molecule has 1 aromatic carbocycles. The van der Waals surface area contributed by atoms with Crippen molar-refractivity contribution in [1.29, 1.82) is 0 Å². The van der Waals surface area contributed by atoms with Crippen molar-refractivity contribution >= 4 is 11.2 Å². The molecule has 84 valence electrons. The Balaban J connectivity index is 2.28. The molecule has 4 heteroatoms. The van der Waals surface area contributed by atoms with E-state index in [1.54, 1.807) is 12.3 Å². The molecule has 0 fully saturated rings. The van der Waals surface area contributed by atoms with Crippen LogP contribution in [-0.4, -0.2) is 9.38 Å². The van der Waals surface area contributed by atoms with E-state index in [4.69, 9.17) is 5.73 Å². The van der Waals surface area contributed by atoms with Crippen LogP contribution in [0.25, 0.3) is 16.9 Å². The van der Waals surface area contributed by atoms with Gasteiger partial charge in [0.15, 0.2) is 0 Å². The predicted octanol–water partition coefficient (Wildman–Crippen LogP) is 2.72. The highest BCUT2D eigenvalue weighted by Crippen LogP contribution is 2.22. The number of halogens is 1. The molecule has 2 aromatic heterocycles. The topological polar surface area (TPSA) is 43.3 Å². The molecule has 0 radical (unpaired) electrons. The Morgan fingerprint density at radius 3 is 2.88 bits per heavy atom. The first-order chi connectivity index (χ1) is 8.25. The van der Waals surface area contributed by atoms with Gasteiger partial charge in [0, 0.05) is 11.8 Å². The van der Waals surface area contributed by atoms with Crippen molar-refractivity contribution in [2.75, 3.05) is 5.73 Å². The highest BCUT2D eigenvalue weighted by molar-refractivity contribution is 5.73. The lowest BCUT2D eigenvalue weighted by Crippen LogP contribution is -1.93. The van der Waals surface area contributed by atoms with E-state index in [9.17, 15) is 4.39 Å². The van der Waals surface area contributed by atoms with Gasteiger partial charge in [-0.25, -0.2) is 9.37 Å². The molecule has 0 bridgehead atoms. The summed E-state index contributed by atoms with van der Waals surface area (Å²) >= 11 is 0. The lowest BCUT2D eigenvalue weighted by molar-refractivity contribution is 0.628. The average Bonchev–Trinajstić information content (AvgIpc) is 2.74. The Labute approximate surface area is 97.3 Å². The molecule has 0 saturated heterocycles. The minimum atomic E-state index is -0.275. The maximum atomic E-state index is 13.2. The fourth-order valence-electron chi connectivity index (χ4n) is 1.88. The van der Waals surface area contributed by atoms with Crippen LogP contribution in [0.3, 0.4) is 0 Å². The molecule has 2 heterocycles. The number of aromatic nitrogens is 2. The van der Waals surface area contributed by atoms with E-state index >= 15 is 0 Å². The molecule has 2 N–H and O–H groups in total. The zero-order chi connectivity index (χ0) is 11.8. The number of nitrogens with two attached hydrogens (primary N) is 1. The van der Waals surface area contributed by atoms with Crippen LogP contribution in [0.2, 0.25) is 0 Å². The summed E-state index contributed by atoms with van der Waals surface area (Å²) in [7, 11) is 0. The summed E-state index contributed by atoms with van der Waals surface area (Å²) in [5, 5.41) is 0. The van der Waals surface area contributed by atoms with Crippen molar-refractivity contribution in [2.45, 2.75) is 0 Å². The third kappa shape index (κ3) is 1.54. The van der Waals surface area contributed by atoms with E-state index in [0.717, 1.165) is 11.1 Å². The Morgan fingerprint density at radius 2 is 2.06 bits per heavy atom. The molecule has 0 aliphatic carbocycles. The normalized spacial score (nSPS) is 10.9. The number of imidazole rings is 1. The van der Waals surface area contributed by atoms with Crippen LogP contribution >= 0.6 is 0 Å². The number of rotatable bonds is 1. The number of hydrogen-bond acceptors (Lipinski definition) is 2. The van der Waals surface area contributed by atoms with Gasteiger partial charge in [0.05, 0.1) is 17.4 Å². The van der Waals surface area contributed by atoms with Crippen LogP contribution in [0.4, 0.5) is 10.1 Å². The number of anilines is 1. The van der Waals surface area contributed by atoms with Crippen molar-refractivity contribution < 1.29 is 4.39 Å². The summed E-state index contributed by atoms with van der Waals surface area (Å²) < 4.78 is 15.0. The second-order valence-corrected chi connectivity index (χ2v) is 3.81. The third-order valence-electron chi connectivity index (χ3n) is 2.69. The third-order valence-corrected chi connectivity index (χ3v) is 2.69. The number of nitrogen functional groups attached to an aromatic ring is 1. The molecule has 0 aliphatic rings. The van der Waals surface area contributed by atoms with Crippen molar-refractivity contribution in [1.82, 2.24) is 9.38 Å². The maximum Gasteiger partial charge on any atom is 0.144 e. The minimum Gasteiger partial charge on any atom is -0.397 e. The van der Waals surface area contributed by atoms with E-state index in [-0.39, 0.29) is 5.82 Å². The van der Waals surface area contributed by atoms with Crippen molar-refractivity contribution in [3.63, 3.8) is 0 Å². The van der Waals surface area contributed by atoms with Gasteiger partial charge >= 0.3 is 0 Å². The van der Waals surface area contributed by atoms with Gasteiger partial charge in [-0.2, -0.15) is 0 Å². The molecule has 3 aromatic rings. The minimum absolute atomic E-state index is 0.275. The summed E-state index contributed by atoms with van der Waals surface area (Å²) in [5.74, 6) is 0.412. The highest BCUT2D eigenvalue weighted by atomic mass is 19.1. The quantitative estimate of drug-likeness (QED) is 0.694. The first-order valence-corrected chi connectivity index (χ1v) is 5.23. The number of fused-ring (bicyclic) bond motifs is 1. The van der Waals surface area contributed by atoms with Gasteiger partial charge in [-0.3, -0.25) is 4.40 Å². The van der Waals surface area contributed by atoms with Gasteiger partial charge in [0.1, 0.15) is 11.6 Å². The first-order valence-electron chi connectivity index (χ1n) is 5.23. The van der Waals surface area contributed by atoms with Gasteiger partial charge in [-0.05, 0) is 24.3 Å². The fourth-order valence-corrected chi connectivity index (χ4v) is 1.88. The van der Waals surface area contributed by atoms with Gasteiger partial charge in [-0.1, -0.05) is 12.1 Å². The molecule has 0 saturated carbocycles. The summed E-state index contributed by atoms with van der Waals surface area (Å²) in [6.45, 7) is 0. The Morgan fingerprint density at radius 1 is 1.18 bits per heavy atom. The molecule has 0 spiro atoms. The summed E-state index contributed by atoms with van der Waals surface area (Å²) in [5.41, 5.74) is 8.06. The van der Waals surface area contributed by atoms with E-state index in [1.165, 1.54) is 12.1 Å². The van der Waals surface area contributed by atoms with Crippen molar-refractivity contribution in [3.8, 4) is 11.4 Å². The monoisotopic (exact) mass is 227 g/mol. The molecule has 0 atom stereocenters. The van der Waals surface area contributed by atoms with Crippen LogP contribution in [0.5, 0.6) is 0 Å². The summed E-state index contributed by atoms with van der Waals surface area (Å²) in [6, 6.07) is 10.0. The molecule has 17 heavy (non-hydrogen) atoms. The van der Waals surface area contributed by atoms with Crippen molar-refractivity contribution in [2.24, 2.45) is 0 Å². The van der Waals surface area contributed by atoms with Crippen LogP contribution in [0.1, 0.15) is 0 Å². The zero-order valence-corrected chi connectivity index (χ0v) is 8.97. The molecule has 0 amide bonds. The Bertz CT molecular complexity index is 688. The Hall–Kier alpha value is -2.36. The summed E-state index contributed by atoms with van der Waals surface area (Å²) in [6.07, 6.45) is 3.55. The number of nitrogens with zero attached hydrogens (tertiary/aromatic N) is 2. The SMILES string of the molecule is Nc1cccn2c(-c3cccc(F)c3)ncc12. The van der Waals surface area contributed by atoms with Gasteiger partial charge in [-0.15, -0.1) is 0 Å². The van der Waals surface area contributed by atoms with Gasteiger partial charge in [0.2, 0.25) is 0 Å². The highest BCUT2D eigenvalue weighted by Gasteiger charge is 2.08. The van der Waals surface area contributed by atoms with Gasteiger partial charge in [0.25, 0.3) is 0 Å². The van der Waals surface area contributed by atoms with E-state index in [0.29, 0.717) is 11.5 Å². The zero-order valence-electron chi connectivity index (χ0n) is 8.97. The predicted molar refractivity (Wildman–Crippen MR) is 65.0 cm³/mol. The molecule has 3 nitrogen and oxygen atoms in total. The number of pyridine rings is 1. The van der Waals surface area contributed by atoms with Crippen LogP contribution in [-0.2, 0) is 0 Å². The molecular formula is C13H10FN3. The fraction of sp³-hybridized carbons (Fsp3) is 0.